The summed E-state index contributed by atoms with van der Waals surface area (Å²) in [6, 6.07) is 15.7. The zero-order valence-electron chi connectivity index (χ0n) is 21.2. The van der Waals surface area contributed by atoms with Gasteiger partial charge in [-0.3, -0.25) is 0 Å². The fraction of sp³-hybridized carbons (Fsp3) is 0.120. The molecular formula is C25H21N5O2S8. The molecule has 0 aromatic carbocycles. The Balaban J connectivity index is 0.00000142. The van der Waals surface area contributed by atoms with Gasteiger partial charge in [0.2, 0.25) is 0 Å². The van der Waals surface area contributed by atoms with Crippen molar-refractivity contribution in [3.63, 3.8) is 0 Å². The van der Waals surface area contributed by atoms with Crippen LogP contribution in [0.4, 0.5) is 0 Å². The Morgan fingerprint density at radius 1 is 0.575 bits per heavy atom. The Morgan fingerprint density at radius 3 is 1.32 bits per heavy atom. The molecule has 206 valence electrons. The minimum Gasteiger partial charge on any atom is -0.247 e. The molecule has 0 fully saturated rings. The number of aromatic nitrogens is 4. The molecule has 0 amide bonds. The minimum atomic E-state index is -0.0907. The zero-order chi connectivity index (χ0) is 27.8. The van der Waals surface area contributed by atoms with E-state index in [2.05, 4.69) is 3.12 Å². The van der Waals surface area contributed by atoms with Crippen molar-refractivity contribution in [2.45, 2.75) is 34.0 Å². The van der Waals surface area contributed by atoms with E-state index in [1.54, 1.807) is 41.4 Å². The highest BCUT2D eigenvalue weighted by Crippen LogP contribution is 2.54. The van der Waals surface area contributed by atoms with Crippen LogP contribution in [0.25, 0.3) is 20.0 Å². The summed E-state index contributed by atoms with van der Waals surface area (Å²) in [6.45, 7) is 4.00. The molecule has 7 rings (SSSR count). The van der Waals surface area contributed by atoms with Gasteiger partial charge in [-0.15, -0.1) is 60.2 Å². The second-order valence-corrected chi connectivity index (χ2v) is 15.6. The average Bonchev–Trinajstić information content (AvgIpc) is 3.79. The zero-order valence-corrected chi connectivity index (χ0v) is 27.8. The summed E-state index contributed by atoms with van der Waals surface area (Å²) in [5.74, 6) is 0. The van der Waals surface area contributed by atoms with Gasteiger partial charge in [-0.25, -0.2) is 27.9 Å². The van der Waals surface area contributed by atoms with Crippen molar-refractivity contribution in [2.75, 3.05) is 6.26 Å². The molecule has 0 N–H and O–H groups in total. The molecular weight excluding hydrogens is 659 g/mol. The third-order valence-corrected chi connectivity index (χ3v) is 13.4. The SMILES string of the molecule is CC.CSc1c(SN2Sc3c(n(-c4cccs4)c(=O)n3-c3cccs3)S2)n(-c2cccs2)c(=O)n1-c1cccs1. The lowest BCUT2D eigenvalue weighted by Crippen LogP contribution is -2.22. The van der Waals surface area contributed by atoms with Gasteiger partial charge in [-0.1, -0.05) is 13.8 Å². The Morgan fingerprint density at radius 2 is 0.950 bits per heavy atom. The van der Waals surface area contributed by atoms with Crippen molar-refractivity contribution < 1.29 is 0 Å². The predicted molar refractivity (Wildman–Crippen MR) is 177 cm³/mol. The van der Waals surface area contributed by atoms with E-state index in [9.17, 15) is 9.59 Å². The van der Waals surface area contributed by atoms with Crippen LogP contribution in [0, 0.1) is 0 Å². The molecule has 1 aliphatic rings. The van der Waals surface area contributed by atoms with Gasteiger partial charge in [0, 0.05) is 35.8 Å². The number of hydrogen-bond donors (Lipinski definition) is 0. The second-order valence-electron chi connectivity index (χ2n) is 7.63. The molecule has 0 saturated heterocycles. The van der Waals surface area contributed by atoms with Gasteiger partial charge in [-0.2, -0.15) is 0 Å². The van der Waals surface area contributed by atoms with Crippen molar-refractivity contribution in [3.05, 3.63) is 91.0 Å². The van der Waals surface area contributed by atoms with Crippen LogP contribution < -0.4 is 11.4 Å². The van der Waals surface area contributed by atoms with Gasteiger partial charge in [0.25, 0.3) is 0 Å². The summed E-state index contributed by atoms with van der Waals surface area (Å²) in [5.41, 5.74) is -0.166. The maximum Gasteiger partial charge on any atom is 0.340 e. The molecule has 0 bridgehead atoms. The lowest BCUT2D eigenvalue weighted by molar-refractivity contribution is 0.879. The van der Waals surface area contributed by atoms with E-state index in [0.717, 1.165) is 40.1 Å². The van der Waals surface area contributed by atoms with Gasteiger partial charge < -0.3 is 0 Å². The van der Waals surface area contributed by atoms with Gasteiger partial charge in [0.1, 0.15) is 40.1 Å². The smallest absolute Gasteiger partial charge is 0.247 e. The van der Waals surface area contributed by atoms with Gasteiger partial charge in [0.15, 0.2) is 0 Å². The van der Waals surface area contributed by atoms with Crippen LogP contribution in [0.3, 0.4) is 0 Å². The van der Waals surface area contributed by atoms with Crippen LogP contribution in [0.2, 0.25) is 0 Å². The highest BCUT2D eigenvalue weighted by Gasteiger charge is 2.36. The van der Waals surface area contributed by atoms with Crippen LogP contribution in [-0.2, 0) is 0 Å². The molecule has 0 radical (unpaired) electrons. The monoisotopic (exact) mass is 679 g/mol. The summed E-state index contributed by atoms with van der Waals surface area (Å²) >= 11 is 12.2. The van der Waals surface area contributed by atoms with Gasteiger partial charge in [-0.05, 0) is 76.3 Å². The van der Waals surface area contributed by atoms with E-state index in [-0.39, 0.29) is 11.4 Å². The van der Waals surface area contributed by atoms with Gasteiger partial charge in [0.05, 0.1) is 0 Å². The molecule has 0 aliphatic carbocycles. The Hall–Kier alpha value is -1.82. The Labute approximate surface area is 263 Å². The van der Waals surface area contributed by atoms with E-state index in [4.69, 9.17) is 0 Å². The fourth-order valence-electron chi connectivity index (χ4n) is 3.98. The number of imidazole rings is 2. The molecule has 0 saturated carbocycles. The number of fused-ring (bicyclic) bond motifs is 1. The average molecular weight is 680 g/mol. The first-order chi connectivity index (χ1) is 19.7. The molecule has 15 heteroatoms. The highest BCUT2D eigenvalue weighted by molar-refractivity contribution is 8.27. The number of thiophene rings is 4. The van der Waals surface area contributed by atoms with Gasteiger partial charge >= 0.3 is 11.4 Å². The van der Waals surface area contributed by atoms with Crippen LogP contribution in [0.1, 0.15) is 13.8 Å². The van der Waals surface area contributed by atoms with Crippen LogP contribution in [0.5, 0.6) is 0 Å². The topological polar surface area (TPSA) is 57.1 Å². The first-order valence-electron chi connectivity index (χ1n) is 11.9. The lowest BCUT2D eigenvalue weighted by atomic mass is 10.6. The van der Waals surface area contributed by atoms with Crippen LogP contribution in [0.15, 0.2) is 99.7 Å². The van der Waals surface area contributed by atoms with Crippen molar-refractivity contribution >= 4 is 93.0 Å². The molecule has 0 spiro atoms. The molecule has 40 heavy (non-hydrogen) atoms. The largest absolute Gasteiger partial charge is 0.340 e. The van der Waals surface area contributed by atoms with E-state index in [1.807, 2.05) is 90.2 Å². The first-order valence-corrected chi connectivity index (χ1v) is 19.0. The maximum atomic E-state index is 13.8. The molecule has 6 aromatic heterocycles. The normalized spacial score (nSPS) is 13.0. The van der Waals surface area contributed by atoms with E-state index in [0.29, 0.717) is 0 Å². The number of hydrogen-bond acceptors (Lipinski definition) is 11. The summed E-state index contributed by atoms with van der Waals surface area (Å²) in [6.07, 6.45) is 2.00. The molecule has 6 aromatic rings. The summed E-state index contributed by atoms with van der Waals surface area (Å²) in [4.78, 5) is 27.4. The third kappa shape index (κ3) is 4.84. The van der Waals surface area contributed by atoms with E-state index >= 15 is 0 Å². The van der Waals surface area contributed by atoms with Crippen molar-refractivity contribution in [2.24, 2.45) is 0 Å². The minimum absolute atomic E-state index is 0.0753. The maximum absolute atomic E-state index is 13.8. The molecule has 7 nitrogen and oxygen atoms in total. The summed E-state index contributed by atoms with van der Waals surface area (Å²) < 4.78 is 9.25. The number of rotatable bonds is 7. The quantitative estimate of drug-likeness (QED) is 0.124. The highest BCUT2D eigenvalue weighted by atomic mass is 32.3. The first kappa shape index (κ1) is 28.3. The third-order valence-electron chi connectivity index (χ3n) is 5.53. The fourth-order valence-corrected chi connectivity index (χ4v) is 11.8. The van der Waals surface area contributed by atoms with E-state index < -0.39 is 0 Å². The van der Waals surface area contributed by atoms with Crippen molar-refractivity contribution in [1.82, 2.24) is 21.4 Å². The summed E-state index contributed by atoms with van der Waals surface area (Å²) in [7, 11) is 0. The number of nitrogens with zero attached hydrogens (tertiary/aromatic N) is 5. The molecule has 0 unspecified atom stereocenters. The standard InChI is InChI=1S/C23H15N5O2S8.C2H6/c1-31-18-19(25(15-7-3-11-33-15)22(29)24(18)14-6-2-10-32-14)36-28-37-20-21(38-28)27(17-9-5-13-35-17)23(30)26(20)16-8-4-12-34-16;1-2/h2-13H,1H3;1-2H3. The van der Waals surface area contributed by atoms with E-state index in [1.165, 1.54) is 69.9 Å². The summed E-state index contributed by atoms with van der Waals surface area (Å²) in [5, 5.41) is 14.9. The molecule has 7 heterocycles. The molecule has 1 aliphatic heterocycles. The Kier molecular flexibility index (Phi) is 8.63. The Bertz CT molecular complexity index is 1760. The molecule has 0 atom stereocenters. The van der Waals surface area contributed by atoms with Crippen LogP contribution in [-0.4, -0.2) is 27.6 Å². The predicted octanol–water partition coefficient (Wildman–Crippen LogP) is 8.60. The lowest BCUT2D eigenvalue weighted by Gasteiger charge is -2.14. The van der Waals surface area contributed by atoms with Crippen molar-refractivity contribution in [1.29, 1.82) is 0 Å². The van der Waals surface area contributed by atoms with Crippen molar-refractivity contribution in [3.8, 4) is 20.0 Å². The van der Waals surface area contributed by atoms with Crippen LogP contribution >= 0.6 is 93.0 Å². The number of thioether (sulfide) groups is 1. The second kappa shape index (κ2) is 12.2.